The third kappa shape index (κ3) is 3.23. The van der Waals surface area contributed by atoms with Crippen LogP contribution in [-0.2, 0) is 9.59 Å². The number of benzene rings is 2. The molecule has 0 bridgehead atoms. The molecule has 7 nitrogen and oxygen atoms in total. The Morgan fingerprint density at radius 1 is 1.00 bits per heavy atom. The zero-order valence-electron chi connectivity index (χ0n) is 13.7. The minimum absolute atomic E-state index is 0.0861. The van der Waals surface area contributed by atoms with Gasteiger partial charge in [0.1, 0.15) is 5.57 Å². The molecule has 0 spiro atoms. The minimum atomic E-state index is -1.08. The Balaban J connectivity index is 1.96. The van der Waals surface area contributed by atoms with Crippen LogP contribution in [0.2, 0.25) is 0 Å². The van der Waals surface area contributed by atoms with E-state index in [9.17, 15) is 19.2 Å². The Kier molecular flexibility index (Phi) is 4.36. The number of rotatable bonds is 3. The van der Waals surface area contributed by atoms with Crippen LogP contribution in [0, 0.1) is 6.92 Å². The molecule has 1 fully saturated rings. The normalized spacial score (nSPS) is 16.0. The van der Waals surface area contributed by atoms with E-state index in [-0.39, 0.29) is 11.1 Å². The first-order valence-electron chi connectivity index (χ1n) is 7.68. The first-order chi connectivity index (χ1) is 12.4. The van der Waals surface area contributed by atoms with Crippen LogP contribution in [0.4, 0.5) is 10.5 Å². The number of aryl methyl sites for hydroxylation is 1. The van der Waals surface area contributed by atoms with E-state index in [4.69, 9.17) is 5.11 Å². The quantitative estimate of drug-likeness (QED) is 0.653. The fourth-order valence-corrected chi connectivity index (χ4v) is 2.47. The second-order valence-corrected chi connectivity index (χ2v) is 5.72. The fraction of sp³-hybridized carbons (Fsp3) is 0.0526. The molecule has 130 valence electrons. The van der Waals surface area contributed by atoms with Crippen molar-refractivity contribution in [1.29, 1.82) is 0 Å². The highest BCUT2D eigenvalue weighted by Gasteiger charge is 2.36. The average Bonchev–Trinajstić information content (AvgIpc) is 2.60. The van der Waals surface area contributed by atoms with Gasteiger partial charge in [-0.05, 0) is 42.8 Å². The lowest BCUT2D eigenvalue weighted by molar-refractivity contribution is -0.122. The SMILES string of the molecule is Cc1ccc(N2C(=O)NC(=O)/C(=C\c3ccc(C(=O)O)cc3)C2=O)cc1. The number of nitrogens with one attached hydrogen (secondary N) is 1. The van der Waals surface area contributed by atoms with Gasteiger partial charge in [-0.3, -0.25) is 14.9 Å². The summed E-state index contributed by atoms with van der Waals surface area (Å²) in [4.78, 5) is 48.7. The Labute approximate surface area is 148 Å². The number of carboxylic acids is 1. The van der Waals surface area contributed by atoms with Crippen LogP contribution < -0.4 is 10.2 Å². The lowest BCUT2D eigenvalue weighted by atomic mass is 10.1. The van der Waals surface area contributed by atoms with Gasteiger partial charge in [0.25, 0.3) is 11.8 Å². The monoisotopic (exact) mass is 350 g/mol. The predicted octanol–water partition coefficient (Wildman–Crippen LogP) is 2.36. The number of amides is 4. The molecular formula is C19H14N2O5. The summed E-state index contributed by atoms with van der Waals surface area (Å²) in [5.74, 6) is -2.62. The second-order valence-electron chi connectivity index (χ2n) is 5.72. The first-order valence-corrected chi connectivity index (χ1v) is 7.68. The first kappa shape index (κ1) is 17.1. The van der Waals surface area contributed by atoms with Crippen LogP contribution in [0.5, 0.6) is 0 Å². The van der Waals surface area contributed by atoms with Crippen molar-refractivity contribution in [1.82, 2.24) is 5.32 Å². The van der Waals surface area contributed by atoms with Gasteiger partial charge in [0.2, 0.25) is 0 Å². The average molecular weight is 350 g/mol. The molecule has 0 unspecified atom stereocenters. The van der Waals surface area contributed by atoms with E-state index in [0.29, 0.717) is 11.3 Å². The van der Waals surface area contributed by atoms with Gasteiger partial charge in [0.15, 0.2) is 0 Å². The van der Waals surface area contributed by atoms with Crippen LogP contribution in [0.3, 0.4) is 0 Å². The molecule has 0 atom stereocenters. The molecule has 1 saturated heterocycles. The van der Waals surface area contributed by atoms with Crippen molar-refractivity contribution < 1.29 is 24.3 Å². The molecular weight excluding hydrogens is 336 g/mol. The summed E-state index contributed by atoms with van der Waals surface area (Å²) in [6.45, 7) is 1.87. The van der Waals surface area contributed by atoms with E-state index in [1.807, 2.05) is 6.92 Å². The highest BCUT2D eigenvalue weighted by Crippen LogP contribution is 2.22. The van der Waals surface area contributed by atoms with Crippen LogP contribution in [0.1, 0.15) is 21.5 Å². The number of nitrogens with zero attached hydrogens (tertiary/aromatic N) is 1. The van der Waals surface area contributed by atoms with Crippen molar-refractivity contribution in [2.45, 2.75) is 6.92 Å². The molecule has 0 aliphatic carbocycles. The molecule has 1 aliphatic heterocycles. The smallest absolute Gasteiger partial charge is 0.335 e. The number of carbonyl (C=O) groups excluding carboxylic acids is 3. The van der Waals surface area contributed by atoms with Crippen molar-refractivity contribution in [3.05, 3.63) is 70.8 Å². The van der Waals surface area contributed by atoms with Gasteiger partial charge in [-0.2, -0.15) is 0 Å². The molecule has 0 saturated carbocycles. The number of imide groups is 2. The largest absolute Gasteiger partial charge is 0.478 e. The zero-order valence-corrected chi connectivity index (χ0v) is 13.7. The molecule has 0 radical (unpaired) electrons. The van der Waals surface area contributed by atoms with Gasteiger partial charge in [0.05, 0.1) is 11.3 Å². The summed E-state index contributed by atoms with van der Waals surface area (Å²) in [5.41, 5.74) is 1.64. The lowest BCUT2D eigenvalue weighted by Gasteiger charge is -2.26. The Hall–Kier alpha value is -3.74. The molecule has 1 aliphatic rings. The van der Waals surface area contributed by atoms with Crippen molar-refractivity contribution in [2.75, 3.05) is 4.90 Å². The van der Waals surface area contributed by atoms with E-state index < -0.39 is 23.8 Å². The molecule has 2 aromatic rings. The number of carbonyl (C=O) groups is 4. The number of hydrogen-bond acceptors (Lipinski definition) is 4. The summed E-state index contributed by atoms with van der Waals surface area (Å²) in [6, 6.07) is 11.6. The van der Waals surface area contributed by atoms with E-state index >= 15 is 0 Å². The molecule has 4 amide bonds. The standard InChI is InChI=1S/C19H14N2O5/c1-11-2-8-14(9-3-11)21-17(23)15(16(22)20-19(21)26)10-12-4-6-13(7-5-12)18(24)25/h2-10H,1H3,(H,24,25)(H,20,22,26)/b15-10+. The molecule has 2 N–H and O–H groups in total. The summed E-state index contributed by atoms with van der Waals surface area (Å²) in [6.07, 6.45) is 1.32. The number of urea groups is 1. The number of barbiturate groups is 1. The van der Waals surface area contributed by atoms with Gasteiger partial charge in [-0.15, -0.1) is 0 Å². The van der Waals surface area contributed by atoms with Crippen molar-refractivity contribution in [3.8, 4) is 0 Å². The van der Waals surface area contributed by atoms with E-state index in [1.165, 1.54) is 30.3 Å². The lowest BCUT2D eigenvalue weighted by Crippen LogP contribution is -2.54. The van der Waals surface area contributed by atoms with E-state index in [0.717, 1.165) is 10.5 Å². The topological polar surface area (TPSA) is 104 Å². The molecule has 0 aromatic heterocycles. The number of hydrogen-bond donors (Lipinski definition) is 2. The Morgan fingerprint density at radius 3 is 2.19 bits per heavy atom. The van der Waals surface area contributed by atoms with Gasteiger partial charge >= 0.3 is 12.0 Å². The maximum atomic E-state index is 12.7. The second kappa shape index (κ2) is 6.64. The third-order valence-electron chi connectivity index (χ3n) is 3.86. The van der Waals surface area contributed by atoms with E-state index in [2.05, 4.69) is 5.32 Å². The van der Waals surface area contributed by atoms with Crippen LogP contribution in [-0.4, -0.2) is 28.9 Å². The molecule has 2 aromatic carbocycles. The molecule has 7 heteroatoms. The Bertz CT molecular complexity index is 943. The van der Waals surface area contributed by atoms with Gasteiger partial charge in [-0.25, -0.2) is 14.5 Å². The summed E-state index contributed by atoms with van der Waals surface area (Å²) in [7, 11) is 0. The van der Waals surface area contributed by atoms with Gasteiger partial charge in [0, 0.05) is 0 Å². The van der Waals surface area contributed by atoms with Crippen molar-refractivity contribution >= 4 is 35.6 Å². The molecule has 1 heterocycles. The zero-order chi connectivity index (χ0) is 18.8. The fourth-order valence-electron chi connectivity index (χ4n) is 2.47. The van der Waals surface area contributed by atoms with Crippen LogP contribution in [0.25, 0.3) is 6.08 Å². The third-order valence-corrected chi connectivity index (χ3v) is 3.86. The Morgan fingerprint density at radius 2 is 1.62 bits per heavy atom. The number of aromatic carboxylic acids is 1. The maximum absolute atomic E-state index is 12.7. The van der Waals surface area contributed by atoms with Gasteiger partial charge < -0.3 is 5.11 Å². The van der Waals surface area contributed by atoms with Crippen molar-refractivity contribution in [3.63, 3.8) is 0 Å². The summed E-state index contributed by atoms with van der Waals surface area (Å²) >= 11 is 0. The molecule has 26 heavy (non-hydrogen) atoms. The molecule has 3 rings (SSSR count). The minimum Gasteiger partial charge on any atom is -0.478 e. The van der Waals surface area contributed by atoms with E-state index in [1.54, 1.807) is 24.3 Å². The maximum Gasteiger partial charge on any atom is 0.335 e. The summed E-state index contributed by atoms with van der Waals surface area (Å²) in [5, 5.41) is 11.1. The predicted molar refractivity (Wildman–Crippen MR) is 93.6 cm³/mol. The highest BCUT2D eigenvalue weighted by molar-refractivity contribution is 6.39. The number of carboxylic acid groups (broad SMARTS) is 1. The van der Waals surface area contributed by atoms with Crippen molar-refractivity contribution in [2.24, 2.45) is 0 Å². The number of anilines is 1. The highest BCUT2D eigenvalue weighted by atomic mass is 16.4. The van der Waals surface area contributed by atoms with Gasteiger partial charge in [-0.1, -0.05) is 29.8 Å². The summed E-state index contributed by atoms with van der Waals surface area (Å²) < 4.78 is 0. The van der Waals surface area contributed by atoms with Crippen LogP contribution in [0.15, 0.2) is 54.1 Å². The van der Waals surface area contributed by atoms with Crippen LogP contribution >= 0.6 is 0 Å².